The van der Waals surface area contributed by atoms with Gasteiger partial charge in [-0.05, 0) is 46.6 Å². The van der Waals surface area contributed by atoms with Crippen molar-refractivity contribution < 1.29 is 9.13 Å². The summed E-state index contributed by atoms with van der Waals surface area (Å²) in [5.74, 6) is 0.212. The number of nitrogen functional groups attached to an aromatic ring is 1. The second-order valence-electron chi connectivity index (χ2n) is 3.53. The van der Waals surface area contributed by atoms with E-state index in [9.17, 15) is 4.39 Å². The minimum absolute atomic E-state index is 0.254. The molecule has 2 rings (SSSR count). The lowest BCUT2D eigenvalue weighted by Crippen LogP contribution is -1.95. The second kappa shape index (κ2) is 4.71. The van der Waals surface area contributed by atoms with Gasteiger partial charge in [0.1, 0.15) is 5.82 Å². The highest BCUT2D eigenvalue weighted by Crippen LogP contribution is 2.32. The van der Waals surface area contributed by atoms with Gasteiger partial charge in [-0.25, -0.2) is 9.37 Å². The number of halogens is 2. The van der Waals surface area contributed by atoms with Crippen molar-refractivity contribution in [2.75, 3.05) is 5.73 Å². The third-order valence-corrected chi connectivity index (χ3v) is 3.20. The topological polar surface area (TPSA) is 48.1 Å². The molecule has 0 spiro atoms. The quantitative estimate of drug-likeness (QED) is 0.860. The molecule has 1 aromatic carbocycles. The zero-order valence-electron chi connectivity index (χ0n) is 9.08. The van der Waals surface area contributed by atoms with Crippen LogP contribution in [0.1, 0.15) is 5.56 Å². The van der Waals surface area contributed by atoms with E-state index in [2.05, 4.69) is 20.9 Å². The Hall–Kier alpha value is -1.62. The van der Waals surface area contributed by atoms with E-state index >= 15 is 0 Å². The Morgan fingerprint density at radius 3 is 2.88 bits per heavy atom. The number of nitrogens with two attached hydrogens (primary N) is 1. The zero-order chi connectivity index (χ0) is 12.4. The van der Waals surface area contributed by atoms with Gasteiger partial charge in [-0.1, -0.05) is 0 Å². The first kappa shape index (κ1) is 11.9. The van der Waals surface area contributed by atoms with Crippen molar-refractivity contribution in [3.05, 3.63) is 46.3 Å². The molecule has 88 valence electrons. The number of rotatable bonds is 2. The SMILES string of the molecule is Cc1ccnc(Oc2cc(F)ccc2N)c1Br. The van der Waals surface area contributed by atoms with Gasteiger partial charge in [-0.3, -0.25) is 0 Å². The molecule has 2 aromatic rings. The maximum absolute atomic E-state index is 13.1. The van der Waals surface area contributed by atoms with Crippen LogP contribution < -0.4 is 10.5 Å². The molecule has 0 fully saturated rings. The number of hydrogen-bond acceptors (Lipinski definition) is 3. The summed E-state index contributed by atoms with van der Waals surface area (Å²) in [5.41, 5.74) is 7.03. The molecule has 0 saturated carbocycles. The summed E-state index contributed by atoms with van der Waals surface area (Å²) < 4.78 is 19.3. The molecule has 17 heavy (non-hydrogen) atoms. The van der Waals surface area contributed by atoms with E-state index in [0.717, 1.165) is 10.0 Å². The van der Waals surface area contributed by atoms with Crippen LogP contribution in [-0.4, -0.2) is 4.98 Å². The molecule has 0 saturated heterocycles. The largest absolute Gasteiger partial charge is 0.436 e. The Bertz CT molecular complexity index is 560. The normalized spacial score (nSPS) is 10.3. The number of nitrogens with zero attached hydrogens (tertiary/aromatic N) is 1. The minimum Gasteiger partial charge on any atom is -0.436 e. The predicted molar refractivity (Wildman–Crippen MR) is 67.6 cm³/mol. The van der Waals surface area contributed by atoms with Crippen molar-refractivity contribution >= 4 is 21.6 Å². The number of anilines is 1. The van der Waals surface area contributed by atoms with E-state index in [1.54, 1.807) is 6.20 Å². The third kappa shape index (κ3) is 2.55. The molecule has 3 nitrogen and oxygen atoms in total. The molecular formula is C12H10BrFN2O. The Labute approximate surface area is 107 Å². The summed E-state index contributed by atoms with van der Waals surface area (Å²) in [4.78, 5) is 4.06. The lowest BCUT2D eigenvalue weighted by atomic mass is 10.3. The summed E-state index contributed by atoms with van der Waals surface area (Å²) in [6.07, 6.45) is 1.62. The van der Waals surface area contributed by atoms with E-state index in [4.69, 9.17) is 10.5 Å². The number of ether oxygens (including phenoxy) is 1. The second-order valence-corrected chi connectivity index (χ2v) is 4.32. The monoisotopic (exact) mass is 296 g/mol. The molecule has 5 heteroatoms. The first-order chi connectivity index (χ1) is 8.08. The Kier molecular flexibility index (Phi) is 3.28. The fourth-order valence-electron chi connectivity index (χ4n) is 1.29. The molecular weight excluding hydrogens is 287 g/mol. The highest BCUT2D eigenvalue weighted by Gasteiger charge is 2.09. The third-order valence-electron chi connectivity index (χ3n) is 2.23. The zero-order valence-corrected chi connectivity index (χ0v) is 10.7. The van der Waals surface area contributed by atoms with Crippen LogP contribution in [-0.2, 0) is 0 Å². The van der Waals surface area contributed by atoms with E-state index < -0.39 is 5.82 Å². The molecule has 0 unspecified atom stereocenters. The van der Waals surface area contributed by atoms with Gasteiger partial charge in [0.15, 0.2) is 5.75 Å². The molecule has 0 atom stereocenters. The Morgan fingerprint density at radius 1 is 1.35 bits per heavy atom. The van der Waals surface area contributed by atoms with Gasteiger partial charge >= 0.3 is 0 Å². The lowest BCUT2D eigenvalue weighted by Gasteiger charge is -2.09. The Morgan fingerprint density at radius 2 is 2.12 bits per heavy atom. The van der Waals surface area contributed by atoms with E-state index in [1.165, 1.54) is 18.2 Å². The summed E-state index contributed by atoms with van der Waals surface area (Å²) in [6, 6.07) is 5.80. The van der Waals surface area contributed by atoms with Crippen LogP contribution in [0, 0.1) is 12.7 Å². The fourth-order valence-corrected chi connectivity index (χ4v) is 1.60. The van der Waals surface area contributed by atoms with Gasteiger partial charge in [-0.15, -0.1) is 0 Å². The summed E-state index contributed by atoms with van der Waals surface area (Å²) in [5, 5.41) is 0. The number of pyridine rings is 1. The number of aryl methyl sites for hydroxylation is 1. The van der Waals surface area contributed by atoms with Crippen molar-refractivity contribution in [3.8, 4) is 11.6 Å². The molecule has 0 amide bonds. The summed E-state index contributed by atoms with van der Waals surface area (Å²) >= 11 is 3.36. The Balaban J connectivity index is 2.38. The molecule has 0 aliphatic rings. The van der Waals surface area contributed by atoms with Crippen molar-refractivity contribution in [1.29, 1.82) is 0 Å². The van der Waals surface area contributed by atoms with E-state index in [0.29, 0.717) is 11.6 Å². The average molecular weight is 297 g/mol. The molecule has 1 heterocycles. The van der Waals surface area contributed by atoms with Crippen molar-refractivity contribution in [1.82, 2.24) is 4.98 Å². The summed E-state index contributed by atoms with van der Waals surface area (Å²) in [7, 11) is 0. The van der Waals surface area contributed by atoms with Crippen LogP contribution in [0.4, 0.5) is 10.1 Å². The fraction of sp³-hybridized carbons (Fsp3) is 0.0833. The first-order valence-corrected chi connectivity index (χ1v) is 5.71. The molecule has 0 aliphatic heterocycles. The van der Waals surface area contributed by atoms with Gasteiger partial charge in [-0.2, -0.15) is 0 Å². The molecule has 0 aliphatic carbocycles. The lowest BCUT2D eigenvalue weighted by molar-refractivity contribution is 0.456. The van der Waals surface area contributed by atoms with E-state index in [-0.39, 0.29) is 5.75 Å². The highest BCUT2D eigenvalue weighted by molar-refractivity contribution is 9.10. The van der Waals surface area contributed by atoms with E-state index in [1.807, 2.05) is 13.0 Å². The van der Waals surface area contributed by atoms with Crippen molar-refractivity contribution in [2.45, 2.75) is 6.92 Å². The number of benzene rings is 1. The standard InChI is InChI=1S/C12H10BrFN2O/c1-7-4-5-16-12(11(7)13)17-10-6-8(14)2-3-9(10)15/h2-6H,15H2,1H3. The van der Waals surface area contributed by atoms with Gasteiger partial charge in [0.2, 0.25) is 5.88 Å². The van der Waals surface area contributed by atoms with Crippen molar-refractivity contribution in [2.24, 2.45) is 0 Å². The van der Waals surface area contributed by atoms with Crippen LogP contribution in [0.25, 0.3) is 0 Å². The van der Waals surface area contributed by atoms with Gasteiger partial charge in [0.25, 0.3) is 0 Å². The van der Waals surface area contributed by atoms with Gasteiger partial charge in [0, 0.05) is 12.3 Å². The molecule has 0 bridgehead atoms. The molecule has 2 N–H and O–H groups in total. The maximum Gasteiger partial charge on any atom is 0.233 e. The number of hydrogen-bond donors (Lipinski definition) is 1. The number of aromatic nitrogens is 1. The predicted octanol–water partition coefficient (Wildman–Crippen LogP) is 3.67. The highest BCUT2D eigenvalue weighted by atomic mass is 79.9. The molecule has 1 aromatic heterocycles. The van der Waals surface area contributed by atoms with Gasteiger partial charge < -0.3 is 10.5 Å². The van der Waals surface area contributed by atoms with Gasteiger partial charge in [0.05, 0.1) is 10.2 Å². The molecule has 0 radical (unpaired) electrons. The van der Waals surface area contributed by atoms with Crippen LogP contribution >= 0.6 is 15.9 Å². The van der Waals surface area contributed by atoms with Crippen LogP contribution in [0.15, 0.2) is 34.9 Å². The van der Waals surface area contributed by atoms with Crippen LogP contribution in [0.2, 0.25) is 0 Å². The van der Waals surface area contributed by atoms with Crippen LogP contribution in [0.5, 0.6) is 11.6 Å². The minimum atomic E-state index is -0.405. The first-order valence-electron chi connectivity index (χ1n) is 4.92. The smallest absolute Gasteiger partial charge is 0.233 e. The average Bonchev–Trinajstić information content (AvgIpc) is 2.30. The maximum atomic E-state index is 13.1. The van der Waals surface area contributed by atoms with Crippen molar-refractivity contribution in [3.63, 3.8) is 0 Å². The van der Waals surface area contributed by atoms with Crippen LogP contribution in [0.3, 0.4) is 0 Å². The summed E-state index contributed by atoms with van der Waals surface area (Å²) in [6.45, 7) is 1.91.